The van der Waals surface area contributed by atoms with E-state index in [4.69, 9.17) is 0 Å². The first-order valence-corrected chi connectivity index (χ1v) is 7.15. The number of pyridine rings is 1. The second-order valence-corrected chi connectivity index (χ2v) is 5.07. The van der Waals surface area contributed by atoms with Gasteiger partial charge in [-0.1, -0.05) is 13.0 Å². The van der Waals surface area contributed by atoms with E-state index in [1.165, 1.54) is 0 Å². The summed E-state index contributed by atoms with van der Waals surface area (Å²) in [5, 5.41) is 9.37. The smallest absolute Gasteiger partial charge is 0.276 e. The number of hydrogen-bond donors (Lipinski definition) is 1. The lowest BCUT2D eigenvalue weighted by Crippen LogP contribution is -2.28. The molecule has 1 N–H and O–H groups in total. The predicted octanol–water partition coefficient (Wildman–Crippen LogP) is 2.88. The van der Waals surface area contributed by atoms with Gasteiger partial charge in [-0.15, -0.1) is 0 Å². The van der Waals surface area contributed by atoms with Crippen LogP contribution in [0.3, 0.4) is 0 Å². The zero-order chi connectivity index (χ0) is 15.7. The van der Waals surface area contributed by atoms with Crippen LogP contribution >= 0.6 is 0 Å². The van der Waals surface area contributed by atoms with E-state index < -0.39 is 0 Å². The lowest BCUT2D eigenvalue weighted by molar-refractivity contribution is 0.0986. The summed E-state index contributed by atoms with van der Waals surface area (Å²) in [6.45, 7) is 1.99. The standard InChI is InChI=1S/C17H17N3O2/c1-3-14-16(20-11-5-4-6-15(20)18-14)17(22)19(2)12-7-9-13(21)10-8-12/h4-11,21H,3H2,1-2H3. The molecule has 0 saturated heterocycles. The minimum Gasteiger partial charge on any atom is -0.508 e. The van der Waals surface area contributed by atoms with Gasteiger partial charge < -0.3 is 10.0 Å². The van der Waals surface area contributed by atoms with Crippen LogP contribution in [0.15, 0.2) is 48.7 Å². The number of phenols is 1. The molecule has 1 aromatic carbocycles. The minimum atomic E-state index is -0.124. The minimum absolute atomic E-state index is 0.124. The summed E-state index contributed by atoms with van der Waals surface area (Å²) >= 11 is 0. The number of imidazole rings is 1. The molecule has 0 aliphatic heterocycles. The van der Waals surface area contributed by atoms with Crippen molar-refractivity contribution in [2.45, 2.75) is 13.3 Å². The molecule has 5 heteroatoms. The third kappa shape index (κ3) is 2.30. The van der Waals surface area contributed by atoms with Gasteiger partial charge in [0.1, 0.15) is 17.1 Å². The van der Waals surface area contributed by atoms with Crippen molar-refractivity contribution in [2.75, 3.05) is 11.9 Å². The molecule has 2 heterocycles. The number of hydrogen-bond acceptors (Lipinski definition) is 3. The third-order valence-electron chi connectivity index (χ3n) is 3.68. The van der Waals surface area contributed by atoms with E-state index in [1.807, 2.05) is 35.7 Å². The highest BCUT2D eigenvalue weighted by Crippen LogP contribution is 2.21. The molecule has 2 aromatic heterocycles. The number of phenolic OH excluding ortho intramolecular Hbond substituents is 1. The zero-order valence-corrected chi connectivity index (χ0v) is 12.5. The van der Waals surface area contributed by atoms with Crippen LogP contribution in [0.5, 0.6) is 5.75 Å². The molecule has 1 amide bonds. The van der Waals surface area contributed by atoms with Crippen molar-refractivity contribution in [3.63, 3.8) is 0 Å². The summed E-state index contributed by atoms with van der Waals surface area (Å²) in [4.78, 5) is 19.0. The Kier molecular flexibility index (Phi) is 3.55. The molecule has 0 aliphatic carbocycles. The van der Waals surface area contributed by atoms with E-state index >= 15 is 0 Å². The SMILES string of the molecule is CCc1nc2ccccn2c1C(=O)N(C)c1ccc(O)cc1. The molecule has 3 rings (SSSR count). The van der Waals surface area contributed by atoms with Crippen molar-refractivity contribution in [2.24, 2.45) is 0 Å². The highest BCUT2D eigenvalue weighted by atomic mass is 16.3. The van der Waals surface area contributed by atoms with Gasteiger partial charge in [0.05, 0.1) is 5.69 Å². The van der Waals surface area contributed by atoms with Gasteiger partial charge in [0.2, 0.25) is 0 Å². The number of aromatic hydroxyl groups is 1. The molecule has 0 bridgehead atoms. The van der Waals surface area contributed by atoms with Crippen LogP contribution in [0.2, 0.25) is 0 Å². The summed E-state index contributed by atoms with van der Waals surface area (Å²) < 4.78 is 1.82. The molecular formula is C17H17N3O2. The molecule has 0 aliphatic rings. The second kappa shape index (κ2) is 5.52. The number of nitrogens with zero attached hydrogens (tertiary/aromatic N) is 3. The Bertz CT molecular complexity index is 822. The molecule has 5 nitrogen and oxygen atoms in total. The largest absolute Gasteiger partial charge is 0.508 e. The molecular weight excluding hydrogens is 278 g/mol. The number of carbonyl (C=O) groups excluding carboxylic acids is 1. The Morgan fingerprint density at radius 1 is 1.23 bits per heavy atom. The molecule has 0 radical (unpaired) electrons. The van der Waals surface area contributed by atoms with Crippen LogP contribution < -0.4 is 4.90 Å². The first-order valence-electron chi connectivity index (χ1n) is 7.15. The number of amides is 1. The number of carbonyl (C=O) groups is 1. The number of rotatable bonds is 3. The molecule has 0 fully saturated rings. The maximum Gasteiger partial charge on any atom is 0.276 e. The molecule has 0 unspecified atom stereocenters. The van der Waals surface area contributed by atoms with Crippen LogP contribution in [0, 0.1) is 0 Å². The van der Waals surface area contributed by atoms with Gasteiger partial charge in [-0.3, -0.25) is 9.20 Å². The summed E-state index contributed by atoms with van der Waals surface area (Å²) in [6.07, 6.45) is 2.53. The molecule has 0 spiro atoms. The van der Waals surface area contributed by atoms with E-state index in [0.29, 0.717) is 12.1 Å². The number of aromatic nitrogens is 2. The first-order chi connectivity index (χ1) is 10.6. The Hall–Kier alpha value is -2.82. The van der Waals surface area contributed by atoms with E-state index in [2.05, 4.69) is 4.98 Å². The Labute approximate surface area is 128 Å². The monoisotopic (exact) mass is 295 g/mol. The molecule has 112 valence electrons. The van der Waals surface area contributed by atoms with Crippen molar-refractivity contribution in [1.82, 2.24) is 9.38 Å². The maximum atomic E-state index is 12.9. The Morgan fingerprint density at radius 3 is 2.64 bits per heavy atom. The van der Waals surface area contributed by atoms with Crippen molar-refractivity contribution in [3.05, 3.63) is 60.0 Å². The van der Waals surface area contributed by atoms with Crippen molar-refractivity contribution >= 4 is 17.2 Å². The molecule has 3 aromatic rings. The fourth-order valence-corrected chi connectivity index (χ4v) is 2.47. The lowest BCUT2D eigenvalue weighted by Gasteiger charge is -2.17. The van der Waals surface area contributed by atoms with Gasteiger partial charge in [-0.2, -0.15) is 0 Å². The first kappa shape index (κ1) is 14.1. The van der Waals surface area contributed by atoms with Gasteiger partial charge >= 0.3 is 0 Å². The quantitative estimate of drug-likeness (QED) is 0.808. The molecule has 0 saturated carbocycles. The normalized spacial score (nSPS) is 10.8. The average molecular weight is 295 g/mol. The summed E-state index contributed by atoms with van der Waals surface area (Å²) in [7, 11) is 1.72. The maximum absolute atomic E-state index is 12.9. The second-order valence-electron chi connectivity index (χ2n) is 5.07. The topological polar surface area (TPSA) is 57.8 Å². The van der Waals surface area contributed by atoms with Crippen LogP contribution in [0.25, 0.3) is 5.65 Å². The Balaban J connectivity index is 2.06. The third-order valence-corrected chi connectivity index (χ3v) is 3.68. The van der Waals surface area contributed by atoms with Crippen LogP contribution in [-0.2, 0) is 6.42 Å². The molecule has 22 heavy (non-hydrogen) atoms. The zero-order valence-electron chi connectivity index (χ0n) is 12.5. The number of benzene rings is 1. The van der Waals surface area contributed by atoms with E-state index in [0.717, 1.165) is 17.0 Å². The van der Waals surface area contributed by atoms with Crippen LogP contribution in [0.4, 0.5) is 5.69 Å². The average Bonchev–Trinajstić information content (AvgIpc) is 2.92. The van der Waals surface area contributed by atoms with E-state index in [1.54, 1.807) is 36.2 Å². The van der Waals surface area contributed by atoms with Crippen LogP contribution in [0.1, 0.15) is 23.1 Å². The summed E-state index contributed by atoms with van der Waals surface area (Å²) in [6, 6.07) is 12.2. The molecule has 0 atom stereocenters. The number of anilines is 1. The van der Waals surface area contributed by atoms with Gasteiger partial charge in [0.15, 0.2) is 0 Å². The predicted molar refractivity (Wildman–Crippen MR) is 85.4 cm³/mol. The number of aryl methyl sites for hydroxylation is 1. The summed E-state index contributed by atoms with van der Waals surface area (Å²) in [5.74, 6) is 0.0508. The van der Waals surface area contributed by atoms with Gasteiger partial charge in [0, 0.05) is 18.9 Å². The highest BCUT2D eigenvalue weighted by Gasteiger charge is 2.22. The van der Waals surface area contributed by atoms with Crippen molar-refractivity contribution in [3.8, 4) is 5.75 Å². The summed E-state index contributed by atoms with van der Waals surface area (Å²) in [5.41, 5.74) is 2.84. The van der Waals surface area contributed by atoms with Crippen LogP contribution in [-0.4, -0.2) is 27.4 Å². The van der Waals surface area contributed by atoms with E-state index in [-0.39, 0.29) is 11.7 Å². The van der Waals surface area contributed by atoms with Gasteiger partial charge in [-0.05, 0) is 42.8 Å². The van der Waals surface area contributed by atoms with Crippen molar-refractivity contribution in [1.29, 1.82) is 0 Å². The lowest BCUT2D eigenvalue weighted by atomic mass is 10.2. The van der Waals surface area contributed by atoms with E-state index in [9.17, 15) is 9.90 Å². The van der Waals surface area contributed by atoms with Gasteiger partial charge in [0.25, 0.3) is 5.91 Å². The fraction of sp³-hybridized carbons (Fsp3) is 0.176. The van der Waals surface area contributed by atoms with Gasteiger partial charge in [-0.25, -0.2) is 4.98 Å². The van der Waals surface area contributed by atoms with Crippen molar-refractivity contribution < 1.29 is 9.90 Å². The Morgan fingerprint density at radius 2 is 1.95 bits per heavy atom. The number of fused-ring (bicyclic) bond motifs is 1. The fourth-order valence-electron chi connectivity index (χ4n) is 2.47. The highest BCUT2D eigenvalue weighted by molar-refractivity contribution is 6.06.